The summed E-state index contributed by atoms with van der Waals surface area (Å²) in [5, 5.41) is 18.1. The number of aromatic hydroxyl groups is 1. The van der Waals surface area contributed by atoms with Crippen LogP contribution in [0.4, 0.5) is 0 Å². The second-order valence-corrected chi connectivity index (χ2v) is 18.9. The van der Waals surface area contributed by atoms with Gasteiger partial charge >= 0.3 is 5.97 Å². The Hall–Kier alpha value is -5.88. The molecule has 2 aromatic carbocycles. The molecule has 0 spiro atoms. The van der Waals surface area contributed by atoms with E-state index in [1.54, 1.807) is 39.3 Å². The lowest BCUT2D eigenvalue weighted by atomic mass is 9.84. The number of ether oxygens (including phenoxy) is 2. The first-order valence-corrected chi connectivity index (χ1v) is 22.7. The van der Waals surface area contributed by atoms with Gasteiger partial charge in [-0.2, -0.15) is 5.06 Å². The van der Waals surface area contributed by atoms with E-state index < -0.39 is 59.2 Å². The zero-order valence-electron chi connectivity index (χ0n) is 39.6. The van der Waals surface area contributed by atoms with Crippen LogP contribution in [0.25, 0.3) is 33.3 Å². The van der Waals surface area contributed by atoms with E-state index in [0.29, 0.717) is 50.1 Å². The van der Waals surface area contributed by atoms with Gasteiger partial charge in [-0.05, 0) is 90.3 Å². The van der Waals surface area contributed by atoms with Crippen molar-refractivity contribution in [3.8, 4) is 28.1 Å². The lowest BCUT2D eigenvalue weighted by Gasteiger charge is -2.37. The fourth-order valence-electron chi connectivity index (χ4n) is 9.44. The first-order valence-electron chi connectivity index (χ1n) is 22.7. The zero-order valence-corrected chi connectivity index (χ0v) is 39.6. The molecule has 4 amide bonds. The Kier molecular flexibility index (Phi) is 14.5. The maximum atomic E-state index is 14.7. The van der Waals surface area contributed by atoms with E-state index in [1.807, 2.05) is 24.4 Å². The van der Waals surface area contributed by atoms with Crippen molar-refractivity contribution < 1.29 is 43.4 Å². The molecule has 2 aromatic heterocycles. The van der Waals surface area contributed by atoms with E-state index in [4.69, 9.17) is 14.3 Å². The van der Waals surface area contributed by atoms with E-state index in [-0.39, 0.29) is 37.8 Å². The van der Waals surface area contributed by atoms with Crippen molar-refractivity contribution in [1.82, 2.24) is 40.2 Å². The average molecular weight is 909 g/mol. The number of esters is 1. The molecule has 5 atom stereocenters. The van der Waals surface area contributed by atoms with Crippen LogP contribution in [0.5, 0.6) is 5.75 Å². The third kappa shape index (κ3) is 10.2. The molecular weight excluding hydrogens is 845 g/mol. The Balaban J connectivity index is 1.28. The molecule has 3 aliphatic heterocycles. The predicted molar refractivity (Wildman–Crippen MR) is 247 cm³/mol. The molecule has 2 fully saturated rings. The number of nitrogens with one attached hydrogen (secondary N) is 2. The lowest BCUT2D eigenvalue weighted by Crippen LogP contribution is -2.62. The quantitative estimate of drug-likeness (QED) is 0.137. The summed E-state index contributed by atoms with van der Waals surface area (Å²) in [6.07, 6.45) is 5.07. The number of hydrogen-bond acceptors (Lipinski definition) is 12. The number of fused-ring (bicyclic) bond motifs is 6. The van der Waals surface area contributed by atoms with E-state index in [1.165, 1.54) is 41.1 Å². The highest BCUT2D eigenvalue weighted by atomic mass is 16.7. The largest absolute Gasteiger partial charge is 0.508 e. The summed E-state index contributed by atoms with van der Waals surface area (Å²) >= 11 is 0. The first kappa shape index (κ1) is 48.1. The molecule has 354 valence electrons. The maximum absolute atomic E-state index is 14.7. The van der Waals surface area contributed by atoms with Crippen LogP contribution in [0.1, 0.15) is 64.2 Å². The van der Waals surface area contributed by atoms with Crippen molar-refractivity contribution in [3.63, 3.8) is 0 Å². The van der Waals surface area contributed by atoms with Gasteiger partial charge in [0, 0.05) is 75.0 Å². The number of methoxy groups -OCH3 is 1. The molecule has 4 aromatic rings. The standard InChI is InChI=1S/C49H64N8O9/c1-10-55-40-14-13-31-22-35(40)36(44(55)37-24-50-16-15-32(37)27-64-8)23-49(4,5)28-66-48(63)38-12-11-17-56(52-38)46(61)39(20-30-18-33(31)21-34(58)19-30)51-45(60)43(29(2)3)54(7)42(59)26-53(6)47(62)41-25-57(41)65-9/h13-16,18-19,21-22,24,29,38-39,41,43,52,58H,10-12,17,20,23,25-28H2,1-9H3,(H,51,60)/t38-,39-,41-,43?,57?/m0/s1. The molecule has 5 heterocycles. The van der Waals surface area contributed by atoms with Crippen LogP contribution in [0.2, 0.25) is 0 Å². The number of carbonyl (C=O) groups is 5. The summed E-state index contributed by atoms with van der Waals surface area (Å²) in [7, 11) is 6.18. The van der Waals surface area contributed by atoms with Crippen LogP contribution in [0.15, 0.2) is 54.9 Å². The highest BCUT2D eigenvalue weighted by Crippen LogP contribution is 2.41. The zero-order chi connectivity index (χ0) is 47.6. The molecule has 0 radical (unpaired) electrons. The highest BCUT2D eigenvalue weighted by Gasteiger charge is 2.44. The minimum Gasteiger partial charge on any atom is -0.508 e. The topological polar surface area (TPSA) is 188 Å². The minimum absolute atomic E-state index is 0.0231. The van der Waals surface area contributed by atoms with Crippen molar-refractivity contribution in [1.29, 1.82) is 0 Å². The smallest absolute Gasteiger partial charge is 0.324 e. The molecule has 3 aliphatic rings. The van der Waals surface area contributed by atoms with Gasteiger partial charge in [0.2, 0.25) is 17.7 Å². The number of nitrogens with zero attached hydrogens (tertiary/aromatic N) is 6. The summed E-state index contributed by atoms with van der Waals surface area (Å²) in [5.41, 5.74) is 9.64. The average Bonchev–Trinajstić information content (AvgIpc) is 4.02. The Bertz CT molecular complexity index is 2490. The fourth-order valence-corrected chi connectivity index (χ4v) is 9.44. The normalized spacial score (nSPS) is 21.2. The molecule has 0 saturated carbocycles. The van der Waals surface area contributed by atoms with Gasteiger partial charge in [0.15, 0.2) is 0 Å². The van der Waals surface area contributed by atoms with E-state index in [9.17, 15) is 29.1 Å². The number of phenolic OH excluding ortho intramolecular Hbond substituents is 1. The summed E-state index contributed by atoms with van der Waals surface area (Å²) in [4.78, 5) is 81.9. The molecule has 0 aliphatic carbocycles. The van der Waals surface area contributed by atoms with Gasteiger partial charge in [0.25, 0.3) is 5.91 Å². The van der Waals surface area contributed by atoms with Gasteiger partial charge < -0.3 is 39.1 Å². The van der Waals surface area contributed by atoms with Crippen LogP contribution in [0.3, 0.4) is 0 Å². The number of pyridine rings is 1. The van der Waals surface area contributed by atoms with Crippen LogP contribution in [-0.2, 0) is 64.3 Å². The number of hydrazine groups is 1. The summed E-state index contributed by atoms with van der Waals surface area (Å²) in [6, 6.07) is 9.83. The Morgan fingerprint density at radius 3 is 2.55 bits per heavy atom. The van der Waals surface area contributed by atoms with Crippen molar-refractivity contribution >= 4 is 40.5 Å². The third-order valence-corrected chi connectivity index (χ3v) is 12.9. The fraction of sp³-hybridized carbons (Fsp3) is 0.510. The number of hydroxylamine groups is 2. The van der Waals surface area contributed by atoms with Gasteiger partial charge in [-0.1, -0.05) is 39.8 Å². The highest BCUT2D eigenvalue weighted by molar-refractivity contribution is 5.96. The van der Waals surface area contributed by atoms with Crippen LogP contribution >= 0.6 is 0 Å². The second-order valence-electron chi connectivity index (χ2n) is 18.9. The van der Waals surface area contributed by atoms with Crippen molar-refractivity contribution in [2.24, 2.45) is 11.3 Å². The molecule has 6 bridgehead atoms. The molecule has 17 nitrogen and oxygen atoms in total. The number of aryl methyl sites for hydroxylation is 1. The monoisotopic (exact) mass is 908 g/mol. The van der Waals surface area contributed by atoms with E-state index >= 15 is 0 Å². The van der Waals surface area contributed by atoms with Gasteiger partial charge in [-0.25, -0.2) is 5.43 Å². The Morgan fingerprint density at radius 2 is 1.85 bits per heavy atom. The van der Waals surface area contributed by atoms with Gasteiger partial charge in [-0.15, -0.1) is 0 Å². The third-order valence-electron chi connectivity index (χ3n) is 12.9. The van der Waals surface area contributed by atoms with Crippen LogP contribution in [-0.4, -0.2) is 143 Å². The SMILES string of the molecule is CCn1c(-c2cnccc2COC)c2c3cc(ccc31)-c1cc(O)cc(c1)C[C@H](NC(=O)C(C(C)C)N(C)C(=O)CN(C)C(=O)[C@@H]1CN1OC)C(=O)N1CCC[C@H](N1)C(=O)OCC(C)(C)C2. The number of phenols is 1. The minimum atomic E-state index is -1.19. The van der Waals surface area contributed by atoms with Crippen LogP contribution < -0.4 is 10.7 Å². The van der Waals surface area contributed by atoms with E-state index in [0.717, 1.165) is 38.9 Å². The van der Waals surface area contributed by atoms with Gasteiger partial charge in [0.1, 0.15) is 29.9 Å². The number of cyclic esters (lactones) is 1. The molecule has 2 saturated heterocycles. The molecule has 2 unspecified atom stereocenters. The lowest BCUT2D eigenvalue weighted by molar-refractivity contribution is -0.155. The van der Waals surface area contributed by atoms with Crippen molar-refractivity contribution in [2.45, 2.75) is 97.6 Å². The number of carbonyl (C=O) groups excluding carboxylic acids is 5. The molecule has 17 heteroatoms. The molecular formula is C49H64N8O9. The van der Waals surface area contributed by atoms with Gasteiger partial charge in [-0.3, -0.25) is 34.0 Å². The van der Waals surface area contributed by atoms with Gasteiger partial charge in [0.05, 0.1) is 39.1 Å². The number of rotatable bonds is 12. The molecule has 66 heavy (non-hydrogen) atoms. The number of amides is 4. The summed E-state index contributed by atoms with van der Waals surface area (Å²) in [6.45, 7) is 11.4. The Morgan fingerprint density at radius 1 is 1.08 bits per heavy atom. The number of benzene rings is 2. The van der Waals surface area contributed by atoms with Crippen molar-refractivity contribution in [2.75, 3.05) is 54.6 Å². The first-order chi connectivity index (χ1) is 31.4. The molecule has 7 rings (SSSR count). The predicted octanol–water partition coefficient (Wildman–Crippen LogP) is 4.08. The number of hydrogen-bond donors (Lipinski definition) is 3. The summed E-state index contributed by atoms with van der Waals surface area (Å²) < 4.78 is 14.0. The van der Waals surface area contributed by atoms with E-state index in [2.05, 4.69) is 53.2 Å². The van der Waals surface area contributed by atoms with Crippen molar-refractivity contribution in [3.05, 3.63) is 71.5 Å². The Labute approximate surface area is 386 Å². The number of likely N-dealkylation sites (N-methyl/N-ethyl adjacent to an activating group) is 2. The summed E-state index contributed by atoms with van der Waals surface area (Å²) in [5.74, 6) is -2.71. The van der Waals surface area contributed by atoms with Crippen LogP contribution in [0, 0.1) is 11.3 Å². The molecule has 3 N–H and O–H groups in total. The second kappa shape index (κ2) is 19.9. The maximum Gasteiger partial charge on any atom is 0.324 e. The number of aromatic nitrogens is 2.